The number of hydrogen-bond donors (Lipinski definition) is 0. The van der Waals surface area contributed by atoms with Crippen molar-refractivity contribution in [2.75, 3.05) is 0 Å². The van der Waals surface area contributed by atoms with Gasteiger partial charge in [-0.1, -0.05) is 44.7 Å². The maximum atomic E-state index is 6.26. The molecular formula is C15H22ClN3. The molecule has 0 N–H and O–H groups in total. The maximum Gasteiger partial charge on any atom is 0.157 e. The van der Waals surface area contributed by atoms with Gasteiger partial charge in [0, 0.05) is 17.7 Å². The molecule has 19 heavy (non-hydrogen) atoms. The third kappa shape index (κ3) is 3.08. The lowest BCUT2D eigenvalue weighted by Crippen LogP contribution is -2.08. The van der Waals surface area contributed by atoms with Crippen molar-refractivity contribution in [2.24, 2.45) is 0 Å². The standard InChI is InChI=1S/C13H16ClN3.C2H6/c1-9-7-13-15-11(8-12(14)17(13)16-9)10-5-3-2-4-6-10;1-2/h7-8,10H,2-6H2,1H3;1-2H3. The Labute approximate surface area is 120 Å². The molecular weight excluding hydrogens is 258 g/mol. The fourth-order valence-corrected chi connectivity index (χ4v) is 2.91. The van der Waals surface area contributed by atoms with Gasteiger partial charge in [0.15, 0.2) is 5.65 Å². The molecule has 3 nitrogen and oxygen atoms in total. The van der Waals surface area contributed by atoms with Gasteiger partial charge < -0.3 is 0 Å². The van der Waals surface area contributed by atoms with Crippen molar-refractivity contribution in [3.8, 4) is 0 Å². The average Bonchev–Trinajstić information content (AvgIpc) is 2.83. The van der Waals surface area contributed by atoms with E-state index >= 15 is 0 Å². The highest BCUT2D eigenvalue weighted by atomic mass is 35.5. The molecule has 0 unspecified atom stereocenters. The van der Waals surface area contributed by atoms with Crippen molar-refractivity contribution < 1.29 is 0 Å². The molecule has 0 saturated heterocycles. The van der Waals surface area contributed by atoms with Crippen molar-refractivity contribution in [1.29, 1.82) is 0 Å². The number of halogens is 1. The molecule has 104 valence electrons. The predicted molar refractivity (Wildman–Crippen MR) is 79.9 cm³/mol. The molecule has 0 aromatic carbocycles. The highest BCUT2D eigenvalue weighted by Gasteiger charge is 2.18. The van der Waals surface area contributed by atoms with E-state index < -0.39 is 0 Å². The first-order valence-electron chi connectivity index (χ1n) is 7.27. The topological polar surface area (TPSA) is 30.2 Å². The first kappa shape index (κ1) is 14.3. The Morgan fingerprint density at radius 2 is 1.84 bits per heavy atom. The summed E-state index contributed by atoms with van der Waals surface area (Å²) in [5.74, 6) is 0.585. The zero-order valence-corrected chi connectivity index (χ0v) is 12.7. The average molecular weight is 280 g/mol. The summed E-state index contributed by atoms with van der Waals surface area (Å²) < 4.78 is 1.71. The number of aryl methyl sites for hydroxylation is 1. The molecule has 0 amide bonds. The van der Waals surface area contributed by atoms with Gasteiger partial charge in [-0.05, 0) is 25.8 Å². The number of hydrogen-bond acceptors (Lipinski definition) is 2. The molecule has 2 aromatic rings. The SMILES string of the molecule is CC.Cc1cc2nc(C3CCCCC3)cc(Cl)n2n1. The van der Waals surface area contributed by atoms with Gasteiger partial charge in [0.1, 0.15) is 5.15 Å². The van der Waals surface area contributed by atoms with E-state index in [9.17, 15) is 0 Å². The van der Waals surface area contributed by atoms with Crippen molar-refractivity contribution in [2.45, 2.75) is 58.8 Å². The van der Waals surface area contributed by atoms with E-state index in [0.29, 0.717) is 11.1 Å². The van der Waals surface area contributed by atoms with Gasteiger partial charge >= 0.3 is 0 Å². The fraction of sp³-hybridized carbons (Fsp3) is 0.600. The van der Waals surface area contributed by atoms with Crippen LogP contribution >= 0.6 is 11.6 Å². The second kappa shape index (κ2) is 6.38. The van der Waals surface area contributed by atoms with Gasteiger partial charge in [-0.25, -0.2) is 9.50 Å². The zero-order chi connectivity index (χ0) is 13.8. The molecule has 1 aliphatic carbocycles. The predicted octanol–water partition coefficient (Wildman–Crippen LogP) is 4.77. The fourth-order valence-electron chi connectivity index (χ4n) is 2.68. The van der Waals surface area contributed by atoms with Crippen molar-refractivity contribution in [3.63, 3.8) is 0 Å². The Balaban J connectivity index is 0.000000637. The van der Waals surface area contributed by atoms with Gasteiger partial charge in [-0.3, -0.25) is 0 Å². The van der Waals surface area contributed by atoms with Gasteiger partial charge in [0.25, 0.3) is 0 Å². The first-order chi connectivity index (χ1) is 9.24. The molecule has 4 heteroatoms. The van der Waals surface area contributed by atoms with Crippen LogP contribution in [0.2, 0.25) is 5.15 Å². The smallest absolute Gasteiger partial charge is 0.157 e. The van der Waals surface area contributed by atoms with Gasteiger partial charge in [-0.15, -0.1) is 0 Å². The minimum Gasteiger partial charge on any atom is -0.233 e. The quantitative estimate of drug-likeness (QED) is 0.704. The molecule has 1 saturated carbocycles. The van der Waals surface area contributed by atoms with E-state index in [0.717, 1.165) is 17.0 Å². The molecule has 2 heterocycles. The lowest BCUT2D eigenvalue weighted by atomic mass is 9.87. The van der Waals surface area contributed by atoms with Gasteiger partial charge in [0.05, 0.1) is 5.69 Å². The zero-order valence-electron chi connectivity index (χ0n) is 12.0. The largest absolute Gasteiger partial charge is 0.233 e. The van der Waals surface area contributed by atoms with E-state index in [1.165, 1.54) is 32.1 Å². The molecule has 2 aromatic heterocycles. The van der Waals surface area contributed by atoms with Crippen molar-refractivity contribution in [3.05, 3.63) is 28.7 Å². The van der Waals surface area contributed by atoms with Gasteiger partial charge in [0.2, 0.25) is 0 Å². The normalized spacial score (nSPS) is 16.2. The number of fused-ring (bicyclic) bond motifs is 1. The van der Waals surface area contributed by atoms with E-state index in [1.54, 1.807) is 4.52 Å². The van der Waals surface area contributed by atoms with Crippen molar-refractivity contribution in [1.82, 2.24) is 14.6 Å². The molecule has 0 aliphatic heterocycles. The van der Waals surface area contributed by atoms with Crippen LogP contribution in [0.25, 0.3) is 5.65 Å². The number of nitrogens with zero attached hydrogens (tertiary/aromatic N) is 3. The molecule has 0 atom stereocenters. The lowest BCUT2D eigenvalue weighted by molar-refractivity contribution is 0.437. The Morgan fingerprint density at radius 3 is 2.53 bits per heavy atom. The van der Waals surface area contributed by atoms with Crippen LogP contribution < -0.4 is 0 Å². The van der Waals surface area contributed by atoms with Crippen LogP contribution in [0, 0.1) is 6.92 Å². The summed E-state index contributed by atoms with van der Waals surface area (Å²) in [7, 11) is 0. The van der Waals surface area contributed by atoms with Crippen LogP contribution in [0.4, 0.5) is 0 Å². The maximum absolute atomic E-state index is 6.26. The minimum absolute atomic E-state index is 0.585. The summed E-state index contributed by atoms with van der Waals surface area (Å²) in [6.45, 7) is 5.96. The summed E-state index contributed by atoms with van der Waals surface area (Å²) in [5.41, 5.74) is 2.97. The molecule has 1 aliphatic rings. The van der Waals surface area contributed by atoms with E-state index in [1.807, 2.05) is 32.9 Å². The van der Waals surface area contributed by atoms with Crippen LogP contribution in [-0.4, -0.2) is 14.6 Å². The van der Waals surface area contributed by atoms with E-state index in [-0.39, 0.29) is 0 Å². The Morgan fingerprint density at radius 1 is 1.16 bits per heavy atom. The summed E-state index contributed by atoms with van der Waals surface area (Å²) in [4.78, 5) is 4.70. The number of aromatic nitrogens is 3. The summed E-state index contributed by atoms with van der Waals surface area (Å²) in [6.07, 6.45) is 6.47. The van der Waals surface area contributed by atoms with Crippen LogP contribution in [0.15, 0.2) is 12.1 Å². The molecule has 0 bridgehead atoms. The molecule has 3 rings (SSSR count). The lowest BCUT2D eigenvalue weighted by Gasteiger charge is -2.21. The molecule has 0 radical (unpaired) electrons. The highest BCUT2D eigenvalue weighted by molar-refractivity contribution is 6.29. The summed E-state index contributed by atoms with van der Waals surface area (Å²) in [5, 5.41) is 4.99. The van der Waals surface area contributed by atoms with Crippen LogP contribution in [0.5, 0.6) is 0 Å². The Hall–Kier alpha value is -1.09. The minimum atomic E-state index is 0.585. The monoisotopic (exact) mass is 279 g/mol. The third-order valence-corrected chi connectivity index (χ3v) is 3.82. The van der Waals surface area contributed by atoms with E-state index in [2.05, 4.69) is 5.10 Å². The molecule has 1 fully saturated rings. The number of rotatable bonds is 1. The summed E-state index contributed by atoms with van der Waals surface area (Å²) >= 11 is 6.26. The first-order valence-corrected chi connectivity index (χ1v) is 7.64. The van der Waals surface area contributed by atoms with Crippen LogP contribution in [0.1, 0.15) is 63.3 Å². The Bertz CT molecular complexity index is 542. The third-order valence-electron chi connectivity index (χ3n) is 3.55. The summed E-state index contributed by atoms with van der Waals surface area (Å²) in [6, 6.07) is 3.97. The highest BCUT2D eigenvalue weighted by Crippen LogP contribution is 2.32. The van der Waals surface area contributed by atoms with Gasteiger partial charge in [-0.2, -0.15) is 5.10 Å². The molecule has 0 spiro atoms. The second-order valence-electron chi connectivity index (χ2n) is 4.89. The van der Waals surface area contributed by atoms with Crippen molar-refractivity contribution >= 4 is 17.2 Å². The van der Waals surface area contributed by atoms with Crippen LogP contribution in [0.3, 0.4) is 0 Å². The van der Waals surface area contributed by atoms with Crippen LogP contribution in [-0.2, 0) is 0 Å². The van der Waals surface area contributed by atoms with E-state index in [4.69, 9.17) is 16.6 Å². The Kier molecular flexibility index (Phi) is 4.81. The second-order valence-corrected chi connectivity index (χ2v) is 5.28.